The Morgan fingerprint density at radius 1 is 0.929 bits per heavy atom. The number of nitrogens with one attached hydrogen (secondary N) is 1. The lowest BCUT2D eigenvalue weighted by Gasteiger charge is -2.22. The van der Waals surface area contributed by atoms with Gasteiger partial charge in [-0.25, -0.2) is 4.98 Å². The Bertz CT molecular complexity index is 792. The van der Waals surface area contributed by atoms with Crippen LogP contribution in [0.15, 0.2) is 30.5 Å². The zero-order valence-corrected chi connectivity index (χ0v) is 15.8. The number of aromatic nitrogens is 2. The van der Waals surface area contributed by atoms with Crippen molar-refractivity contribution >= 4 is 17.5 Å². The third-order valence-electron chi connectivity index (χ3n) is 5.72. The smallest absolute Gasteiger partial charge is 0.356 e. The molecule has 150 valence electrons. The summed E-state index contributed by atoms with van der Waals surface area (Å²) in [4.78, 5) is 9.82. The van der Waals surface area contributed by atoms with Gasteiger partial charge in [0, 0.05) is 25.0 Å². The Hall–Kier alpha value is -2.31. The van der Waals surface area contributed by atoms with Crippen molar-refractivity contribution < 1.29 is 13.2 Å². The number of nitrogens with zero attached hydrogens (tertiary/aromatic N) is 3. The molecule has 2 aromatic rings. The van der Waals surface area contributed by atoms with Gasteiger partial charge in [0.1, 0.15) is 11.4 Å². The number of benzene rings is 1. The van der Waals surface area contributed by atoms with E-state index in [1.165, 1.54) is 37.7 Å². The van der Waals surface area contributed by atoms with Crippen molar-refractivity contribution in [3.8, 4) is 0 Å². The van der Waals surface area contributed by atoms with Crippen LogP contribution in [-0.4, -0.2) is 23.1 Å². The molecule has 4 rings (SSSR count). The Labute approximate surface area is 163 Å². The van der Waals surface area contributed by atoms with Gasteiger partial charge in [0.2, 0.25) is 5.95 Å². The summed E-state index contributed by atoms with van der Waals surface area (Å²) in [5, 5.41) is 3.06. The van der Waals surface area contributed by atoms with Gasteiger partial charge in [0.25, 0.3) is 0 Å². The van der Waals surface area contributed by atoms with Gasteiger partial charge >= 0.3 is 6.18 Å². The van der Waals surface area contributed by atoms with Crippen LogP contribution in [0.25, 0.3) is 0 Å². The first-order valence-electron chi connectivity index (χ1n) is 10.1. The fraction of sp³-hybridized carbons (Fsp3) is 0.524. The Morgan fingerprint density at radius 3 is 2.25 bits per heavy atom. The second-order valence-corrected chi connectivity index (χ2v) is 7.70. The fourth-order valence-electron chi connectivity index (χ4n) is 4.21. The predicted octanol–water partition coefficient (Wildman–Crippen LogP) is 5.89. The number of anilines is 3. The molecular formula is C21H25F3N4. The molecule has 28 heavy (non-hydrogen) atoms. The number of hydrogen-bond acceptors (Lipinski definition) is 4. The quantitative estimate of drug-likeness (QED) is 0.707. The van der Waals surface area contributed by atoms with Crippen LogP contribution in [0.5, 0.6) is 0 Å². The minimum absolute atomic E-state index is 0.0266. The highest BCUT2D eigenvalue weighted by Crippen LogP contribution is 2.37. The van der Waals surface area contributed by atoms with Crippen LogP contribution < -0.4 is 10.2 Å². The summed E-state index contributed by atoms with van der Waals surface area (Å²) in [7, 11) is 0. The zero-order valence-electron chi connectivity index (χ0n) is 15.8. The van der Waals surface area contributed by atoms with Gasteiger partial charge in [-0.05, 0) is 49.3 Å². The maximum atomic E-state index is 13.4. The minimum Gasteiger partial charge on any atom is -0.356 e. The maximum absolute atomic E-state index is 13.4. The predicted molar refractivity (Wildman–Crippen MR) is 104 cm³/mol. The first kappa shape index (κ1) is 19.0. The van der Waals surface area contributed by atoms with Gasteiger partial charge in [-0.3, -0.25) is 0 Å². The molecule has 2 fully saturated rings. The molecule has 2 aliphatic rings. The molecule has 7 heteroatoms. The van der Waals surface area contributed by atoms with E-state index < -0.39 is 11.7 Å². The topological polar surface area (TPSA) is 41.1 Å². The van der Waals surface area contributed by atoms with Crippen molar-refractivity contribution in [1.82, 2.24) is 9.97 Å². The average molecular weight is 390 g/mol. The van der Waals surface area contributed by atoms with E-state index in [0.717, 1.165) is 24.7 Å². The fourth-order valence-corrected chi connectivity index (χ4v) is 4.21. The molecule has 1 saturated carbocycles. The zero-order chi connectivity index (χ0) is 19.6. The van der Waals surface area contributed by atoms with Crippen LogP contribution >= 0.6 is 0 Å². The monoisotopic (exact) mass is 390 g/mol. The van der Waals surface area contributed by atoms with Crippen LogP contribution in [0.1, 0.15) is 62.0 Å². The van der Waals surface area contributed by atoms with Crippen molar-refractivity contribution in [1.29, 1.82) is 0 Å². The number of rotatable bonds is 4. The molecule has 1 aliphatic carbocycles. The van der Waals surface area contributed by atoms with Gasteiger partial charge in [-0.1, -0.05) is 31.4 Å². The minimum atomic E-state index is -4.46. The Kier molecular flexibility index (Phi) is 5.42. The lowest BCUT2D eigenvalue weighted by molar-refractivity contribution is -0.137. The van der Waals surface area contributed by atoms with Crippen molar-refractivity contribution in [2.45, 2.75) is 57.0 Å². The second-order valence-electron chi connectivity index (χ2n) is 7.70. The van der Waals surface area contributed by atoms with E-state index in [9.17, 15) is 13.2 Å². The van der Waals surface area contributed by atoms with Crippen LogP contribution in [0, 0.1) is 0 Å². The van der Waals surface area contributed by atoms with Crippen molar-refractivity contribution in [3.05, 3.63) is 41.6 Å². The van der Waals surface area contributed by atoms with Gasteiger partial charge < -0.3 is 10.2 Å². The summed E-state index contributed by atoms with van der Waals surface area (Å²) in [6.07, 6.45) is 4.53. The first-order chi connectivity index (χ1) is 13.5. The highest BCUT2D eigenvalue weighted by Gasteiger charge is 2.37. The average Bonchev–Trinajstić information content (AvgIpc) is 3.23. The number of alkyl halides is 3. The van der Waals surface area contributed by atoms with Gasteiger partial charge in [0.15, 0.2) is 0 Å². The SMILES string of the molecule is FC(F)(F)c1cnc(Nc2ccc(C3CCCCC3)cc2)nc1N1CCCC1. The highest BCUT2D eigenvalue weighted by molar-refractivity contribution is 5.58. The molecule has 0 atom stereocenters. The van der Waals surface area contributed by atoms with E-state index in [1.807, 2.05) is 12.1 Å². The van der Waals surface area contributed by atoms with Crippen LogP contribution in [0.2, 0.25) is 0 Å². The molecule has 0 spiro atoms. The summed E-state index contributed by atoms with van der Waals surface area (Å²) < 4.78 is 40.1. The number of halogens is 3. The summed E-state index contributed by atoms with van der Waals surface area (Å²) in [5.74, 6) is 0.786. The molecule has 0 bridgehead atoms. The summed E-state index contributed by atoms with van der Waals surface area (Å²) >= 11 is 0. The maximum Gasteiger partial charge on any atom is 0.421 e. The molecule has 0 unspecified atom stereocenters. The van der Waals surface area contributed by atoms with E-state index in [0.29, 0.717) is 19.0 Å². The Morgan fingerprint density at radius 2 is 1.61 bits per heavy atom. The van der Waals surface area contributed by atoms with Gasteiger partial charge in [-0.2, -0.15) is 18.2 Å². The summed E-state index contributed by atoms with van der Waals surface area (Å²) in [6.45, 7) is 1.19. The second kappa shape index (κ2) is 7.97. The van der Waals surface area contributed by atoms with Crippen molar-refractivity contribution in [3.63, 3.8) is 0 Å². The first-order valence-corrected chi connectivity index (χ1v) is 10.1. The number of hydrogen-bond donors (Lipinski definition) is 1. The van der Waals surface area contributed by atoms with Gasteiger partial charge in [0.05, 0.1) is 0 Å². The van der Waals surface area contributed by atoms with Crippen LogP contribution in [0.3, 0.4) is 0 Å². The van der Waals surface area contributed by atoms with Crippen molar-refractivity contribution in [2.75, 3.05) is 23.3 Å². The molecular weight excluding hydrogens is 365 g/mol. The third kappa shape index (κ3) is 4.23. The molecule has 1 saturated heterocycles. The molecule has 0 radical (unpaired) electrons. The molecule has 1 aromatic carbocycles. The summed E-state index contributed by atoms with van der Waals surface area (Å²) in [6, 6.07) is 8.12. The molecule has 1 aliphatic heterocycles. The van der Waals surface area contributed by atoms with E-state index >= 15 is 0 Å². The molecule has 2 heterocycles. The lowest BCUT2D eigenvalue weighted by Crippen LogP contribution is -2.24. The van der Waals surface area contributed by atoms with E-state index in [1.54, 1.807) is 4.90 Å². The highest BCUT2D eigenvalue weighted by atomic mass is 19.4. The van der Waals surface area contributed by atoms with Crippen LogP contribution in [0.4, 0.5) is 30.6 Å². The summed E-state index contributed by atoms with van der Waals surface area (Å²) in [5.41, 5.74) is 1.34. The van der Waals surface area contributed by atoms with E-state index in [4.69, 9.17) is 0 Å². The lowest BCUT2D eigenvalue weighted by atomic mass is 9.84. The van der Waals surface area contributed by atoms with Crippen molar-refractivity contribution in [2.24, 2.45) is 0 Å². The van der Waals surface area contributed by atoms with Gasteiger partial charge in [-0.15, -0.1) is 0 Å². The Balaban J connectivity index is 1.53. The molecule has 1 N–H and O–H groups in total. The molecule has 0 amide bonds. The van der Waals surface area contributed by atoms with E-state index in [2.05, 4.69) is 27.4 Å². The normalized spacial score (nSPS) is 18.5. The molecule has 4 nitrogen and oxygen atoms in total. The van der Waals surface area contributed by atoms with E-state index in [-0.39, 0.29) is 11.8 Å². The standard InChI is InChI=1S/C21H25F3N4/c22-21(23,24)18-14-25-20(27-19(18)28-12-4-5-13-28)26-17-10-8-16(9-11-17)15-6-2-1-3-7-15/h8-11,14-15H,1-7,12-13H2,(H,25,26,27). The largest absolute Gasteiger partial charge is 0.421 e. The third-order valence-corrected chi connectivity index (χ3v) is 5.72. The molecule has 1 aromatic heterocycles. The van der Waals surface area contributed by atoms with Crippen LogP contribution in [-0.2, 0) is 6.18 Å².